The second-order valence-corrected chi connectivity index (χ2v) is 7.58. The topological polar surface area (TPSA) is 71.4 Å². The number of hydrogen-bond donors (Lipinski definition) is 1. The number of nitrogens with zero attached hydrogens (tertiary/aromatic N) is 2. The molecule has 162 valence electrons. The monoisotopic (exact) mass is 431 g/mol. The largest absolute Gasteiger partial charge is 0.335 e. The van der Waals surface area contributed by atoms with Gasteiger partial charge < -0.3 is 4.57 Å². The first kappa shape index (κ1) is 21.2. The fourth-order valence-electron chi connectivity index (χ4n) is 3.98. The van der Waals surface area contributed by atoms with E-state index < -0.39 is 17.8 Å². The number of urea groups is 1. The second kappa shape index (κ2) is 8.26. The van der Waals surface area contributed by atoms with Crippen molar-refractivity contribution in [3.05, 3.63) is 88.5 Å². The molecule has 2 heterocycles. The van der Waals surface area contributed by atoms with Crippen molar-refractivity contribution < 1.29 is 18.8 Å². The molecule has 1 N–H and O–H groups in total. The molecule has 0 spiro atoms. The first-order chi connectivity index (χ1) is 15.3. The Kier molecular flexibility index (Phi) is 5.48. The number of rotatable bonds is 4. The van der Waals surface area contributed by atoms with Gasteiger partial charge in [0, 0.05) is 17.1 Å². The van der Waals surface area contributed by atoms with Crippen molar-refractivity contribution >= 4 is 29.6 Å². The highest BCUT2D eigenvalue weighted by molar-refractivity contribution is 6.39. The van der Waals surface area contributed by atoms with Crippen molar-refractivity contribution in [1.82, 2.24) is 9.88 Å². The first-order valence-electron chi connectivity index (χ1n) is 10.3. The fraction of sp³-hybridized carbons (Fsp3) is 0.160. The summed E-state index contributed by atoms with van der Waals surface area (Å²) in [5.74, 6) is -1.75. The van der Waals surface area contributed by atoms with Gasteiger partial charge in [0.05, 0.1) is 5.69 Å². The number of anilines is 1. The maximum Gasteiger partial charge on any atom is 0.335 e. The van der Waals surface area contributed by atoms with E-state index in [0.29, 0.717) is 17.7 Å². The maximum atomic E-state index is 13.3. The Bertz CT molecular complexity index is 1270. The van der Waals surface area contributed by atoms with E-state index in [2.05, 4.69) is 5.32 Å². The van der Waals surface area contributed by atoms with Crippen molar-refractivity contribution in [2.24, 2.45) is 0 Å². The van der Waals surface area contributed by atoms with E-state index in [0.717, 1.165) is 27.5 Å². The van der Waals surface area contributed by atoms with Crippen molar-refractivity contribution in [1.29, 1.82) is 0 Å². The fourth-order valence-corrected chi connectivity index (χ4v) is 3.98. The molecule has 1 fully saturated rings. The first-order valence-corrected chi connectivity index (χ1v) is 10.3. The summed E-state index contributed by atoms with van der Waals surface area (Å²) in [6.45, 7) is 5.66. The summed E-state index contributed by atoms with van der Waals surface area (Å²) in [6, 6.07) is 14.2. The van der Waals surface area contributed by atoms with Gasteiger partial charge in [-0.15, -0.1) is 0 Å². The summed E-state index contributed by atoms with van der Waals surface area (Å²) in [7, 11) is 0. The standard InChI is InChI=1S/C25H22FN3O3/c1-4-17-7-5-6-8-22(17)29-24(31)21(23(30)27-25(29)32)14-18-13-15(2)28(16(18)3)20-11-9-19(26)10-12-20/h5-14H,4H2,1-3H3,(H,27,30,32)/b21-14+. The molecule has 32 heavy (non-hydrogen) atoms. The highest BCUT2D eigenvalue weighted by atomic mass is 19.1. The molecule has 0 bridgehead atoms. The lowest BCUT2D eigenvalue weighted by Gasteiger charge is -2.27. The average Bonchev–Trinajstić information content (AvgIpc) is 3.05. The zero-order valence-corrected chi connectivity index (χ0v) is 18.0. The van der Waals surface area contributed by atoms with Gasteiger partial charge in [0.1, 0.15) is 11.4 Å². The third-order valence-electron chi connectivity index (χ3n) is 5.57. The van der Waals surface area contributed by atoms with Gasteiger partial charge in [0.15, 0.2) is 0 Å². The zero-order chi connectivity index (χ0) is 23.0. The number of halogens is 1. The molecule has 6 nitrogen and oxygen atoms in total. The average molecular weight is 431 g/mol. The van der Waals surface area contributed by atoms with Crippen LogP contribution in [0.2, 0.25) is 0 Å². The van der Waals surface area contributed by atoms with Gasteiger partial charge in [-0.05, 0) is 73.9 Å². The normalized spacial score (nSPS) is 15.4. The molecule has 4 amide bonds. The number of carbonyl (C=O) groups excluding carboxylic acids is 3. The van der Waals surface area contributed by atoms with Gasteiger partial charge in [-0.2, -0.15) is 0 Å². The van der Waals surface area contributed by atoms with Crippen LogP contribution < -0.4 is 10.2 Å². The van der Waals surface area contributed by atoms with Crippen LogP contribution in [0.4, 0.5) is 14.9 Å². The number of aryl methyl sites for hydroxylation is 2. The number of hydrogen-bond acceptors (Lipinski definition) is 3. The van der Waals surface area contributed by atoms with E-state index in [9.17, 15) is 18.8 Å². The molecule has 0 aliphatic carbocycles. The molecule has 0 saturated carbocycles. The smallest absolute Gasteiger partial charge is 0.318 e. The van der Waals surface area contributed by atoms with Crippen LogP contribution in [0, 0.1) is 19.7 Å². The minimum absolute atomic E-state index is 0.130. The van der Waals surface area contributed by atoms with E-state index >= 15 is 0 Å². The van der Waals surface area contributed by atoms with Gasteiger partial charge in [0.2, 0.25) is 0 Å². The Balaban J connectivity index is 1.77. The predicted octanol–water partition coefficient (Wildman–Crippen LogP) is 4.46. The third kappa shape index (κ3) is 3.62. The second-order valence-electron chi connectivity index (χ2n) is 7.58. The van der Waals surface area contributed by atoms with E-state index in [1.807, 2.05) is 43.5 Å². The molecule has 0 radical (unpaired) electrons. The third-order valence-corrected chi connectivity index (χ3v) is 5.57. The minimum atomic E-state index is -0.769. The lowest BCUT2D eigenvalue weighted by molar-refractivity contribution is -0.122. The molecule has 7 heteroatoms. The SMILES string of the molecule is CCc1ccccc1N1C(=O)NC(=O)/C(=C\c2cc(C)n(-c3ccc(F)cc3)c2C)C1=O. The van der Waals surface area contributed by atoms with Crippen molar-refractivity contribution in [3.63, 3.8) is 0 Å². The Hall–Kier alpha value is -4.00. The highest BCUT2D eigenvalue weighted by Gasteiger charge is 2.37. The number of carbonyl (C=O) groups is 3. The molecule has 2 aromatic carbocycles. The van der Waals surface area contributed by atoms with Gasteiger partial charge in [0.25, 0.3) is 11.8 Å². The van der Waals surface area contributed by atoms with Gasteiger partial charge in [-0.1, -0.05) is 25.1 Å². The summed E-state index contributed by atoms with van der Waals surface area (Å²) in [6.07, 6.45) is 2.12. The number of para-hydroxylation sites is 1. The molecule has 1 aliphatic rings. The van der Waals surface area contributed by atoms with Crippen LogP contribution in [-0.2, 0) is 16.0 Å². The maximum absolute atomic E-state index is 13.3. The molecule has 0 unspecified atom stereocenters. The minimum Gasteiger partial charge on any atom is -0.318 e. The van der Waals surface area contributed by atoms with Crippen LogP contribution in [0.3, 0.4) is 0 Å². The quantitative estimate of drug-likeness (QED) is 0.490. The summed E-state index contributed by atoms with van der Waals surface area (Å²) in [4.78, 5) is 39.4. The van der Waals surface area contributed by atoms with Gasteiger partial charge in [-0.25, -0.2) is 14.1 Å². The molecular weight excluding hydrogens is 409 g/mol. The summed E-state index contributed by atoms with van der Waals surface area (Å²) in [5.41, 5.74) is 4.19. The molecule has 3 aromatic rings. The van der Waals surface area contributed by atoms with E-state index in [4.69, 9.17) is 0 Å². The molecule has 0 atom stereocenters. The number of amides is 4. The number of benzene rings is 2. The lowest BCUT2D eigenvalue weighted by atomic mass is 10.0. The van der Waals surface area contributed by atoms with Crippen molar-refractivity contribution in [2.75, 3.05) is 4.90 Å². The van der Waals surface area contributed by atoms with E-state index in [1.165, 1.54) is 18.2 Å². The van der Waals surface area contributed by atoms with Crippen LogP contribution in [0.1, 0.15) is 29.4 Å². The van der Waals surface area contributed by atoms with Crippen molar-refractivity contribution in [2.45, 2.75) is 27.2 Å². The van der Waals surface area contributed by atoms with Crippen LogP contribution >= 0.6 is 0 Å². The van der Waals surface area contributed by atoms with Crippen LogP contribution in [-0.4, -0.2) is 22.4 Å². The lowest BCUT2D eigenvalue weighted by Crippen LogP contribution is -2.54. The number of barbiturate groups is 1. The summed E-state index contributed by atoms with van der Waals surface area (Å²) < 4.78 is 15.2. The zero-order valence-electron chi connectivity index (χ0n) is 18.0. The van der Waals surface area contributed by atoms with Crippen LogP contribution in [0.15, 0.2) is 60.2 Å². The molecular formula is C25H22FN3O3. The summed E-state index contributed by atoms with van der Waals surface area (Å²) >= 11 is 0. The van der Waals surface area contributed by atoms with E-state index in [1.54, 1.807) is 24.3 Å². The number of imide groups is 2. The predicted molar refractivity (Wildman–Crippen MR) is 120 cm³/mol. The Morgan fingerprint density at radius 3 is 2.38 bits per heavy atom. The molecule has 4 rings (SSSR count). The van der Waals surface area contributed by atoms with Gasteiger partial charge in [-0.3, -0.25) is 14.9 Å². The van der Waals surface area contributed by atoms with Gasteiger partial charge >= 0.3 is 6.03 Å². The highest BCUT2D eigenvalue weighted by Crippen LogP contribution is 2.28. The van der Waals surface area contributed by atoms with Crippen molar-refractivity contribution in [3.8, 4) is 5.69 Å². The molecule has 1 aromatic heterocycles. The van der Waals surface area contributed by atoms with E-state index in [-0.39, 0.29) is 11.4 Å². The summed E-state index contributed by atoms with van der Waals surface area (Å²) in [5, 5.41) is 2.27. The Morgan fingerprint density at radius 1 is 1.00 bits per heavy atom. The van der Waals surface area contributed by atoms with Crippen LogP contribution in [0.5, 0.6) is 0 Å². The molecule has 1 aliphatic heterocycles. The Morgan fingerprint density at radius 2 is 1.69 bits per heavy atom. The van der Waals surface area contributed by atoms with Crippen LogP contribution in [0.25, 0.3) is 11.8 Å². The number of nitrogens with one attached hydrogen (secondary N) is 1. The molecule has 1 saturated heterocycles. The Labute approximate surface area is 185 Å². The number of aromatic nitrogens is 1.